The average molecular weight is 319 g/mol. The van der Waals surface area contributed by atoms with Gasteiger partial charge in [0.25, 0.3) is 0 Å². The molecule has 1 N–H and O–H groups in total. The van der Waals surface area contributed by atoms with E-state index in [9.17, 15) is 0 Å². The molecule has 124 valence electrons. The quantitative estimate of drug-likeness (QED) is 0.793. The maximum Gasteiger partial charge on any atom is 0.0626 e. The second-order valence-corrected chi connectivity index (χ2v) is 6.86. The third-order valence-electron chi connectivity index (χ3n) is 5.24. The Kier molecular flexibility index (Phi) is 4.13. The minimum Gasteiger partial charge on any atom is -0.358 e. The Hall–Kier alpha value is -2.10. The number of aromatic amines is 1. The van der Waals surface area contributed by atoms with Crippen molar-refractivity contribution in [3.05, 3.63) is 71.4 Å². The van der Waals surface area contributed by atoms with Crippen molar-refractivity contribution in [3.8, 4) is 0 Å². The molecule has 1 aliphatic rings. The van der Waals surface area contributed by atoms with Crippen molar-refractivity contribution in [2.75, 3.05) is 33.2 Å². The van der Waals surface area contributed by atoms with Gasteiger partial charge in [0, 0.05) is 48.3 Å². The second kappa shape index (κ2) is 6.42. The van der Waals surface area contributed by atoms with Gasteiger partial charge >= 0.3 is 0 Å². The van der Waals surface area contributed by atoms with Crippen molar-refractivity contribution >= 4 is 10.9 Å². The van der Waals surface area contributed by atoms with Gasteiger partial charge in [-0.1, -0.05) is 48.5 Å². The zero-order valence-corrected chi connectivity index (χ0v) is 14.5. The smallest absolute Gasteiger partial charge is 0.0626 e. The van der Waals surface area contributed by atoms with Crippen LogP contribution in [0.3, 0.4) is 0 Å². The van der Waals surface area contributed by atoms with Crippen LogP contribution < -0.4 is 0 Å². The number of hydrogen-bond donors (Lipinski definition) is 1. The van der Waals surface area contributed by atoms with E-state index in [0.29, 0.717) is 6.04 Å². The molecular formula is C21H25N3. The summed E-state index contributed by atoms with van der Waals surface area (Å²) < 4.78 is 0. The Morgan fingerprint density at radius 2 is 1.54 bits per heavy atom. The number of nitrogens with one attached hydrogen (secondary N) is 1. The maximum atomic E-state index is 3.59. The fraction of sp³-hybridized carbons (Fsp3) is 0.333. The third-order valence-corrected chi connectivity index (χ3v) is 5.24. The summed E-state index contributed by atoms with van der Waals surface area (Å²) in [7, 11) is 2.21. The highest BCUT2D eigenvalue weighted by Gasteiger charge is 2.28. The molecule has 0 amide bonds. The van der Waals surface area contributed by atoms with Crippen LogP contribution >= 0.6 is 0 Å². The maximum absolute atomic E-state index is 3.59. The lowest BCUT2D eigenvalue weighted by molar-refractivity contribution is 0.127. The Morgan fingerprint density at radius 1 is 0.875 bits per heavy atom. The molecule has 24 heavy (non-hydrogen) atoms. The number of likely N-dealkylation sites (N-methyl/N-ethyl adjacent to an activating group) is 1. The molecule has 3 heteroatoms. The van der Waals surface area contributed by atoms with E-state index in [0.717, 1.165) is 26.2 Å². The fourth-order valence-electron chi connectivity index (χ4n) is 3.93. The summed E-state index contributed by atoms with van der Waals surface area (Å²) in [6.45, 7) is 6.68. The standard InChI is InChI=1S/C21H25N3/c1-16-20(18-10-6-7-11-19(18)22-16)21(17-8-4-3-5-9-17)24-14-12-23(2)13-15-24/h3-11,21-22H,12-15H2,1-2H3/t21-/m0/s1. The zero-order chi connectivity index (χ0) is 16.5. The molecule has 2 heterocycles. The summed E-state index contributed by atoms with van der Waals surface area (Å²) >= 11 is 0. The van der Waals surface area contributed by atoms with Crippen LogP contribution in [0.25, 0.3) is 10.9 Å². The lowest BCUT2D eigenvalue weighted by Gasteiger charge is -2.38. The number of hydrogen-bond acceptors (Lipinski definition) is 2. The van der Waals surface area contributed by atoms with Crippen LogP contribution in [0.5, 0.6) is 0 Å². The predicted octanol–water partition coefficient (Wildman–Crippen LogP) is 3.81. The zero-order valence-electron chi connectivity index (χ0n) is 14.5. The average Bonchev–Trinajstić information content (AvgIpc) is 2.94. The van der Waals surface area contributed by atoms with Crippen LogP contribution in [-0.2, 0) is 0 Å². The minimum absolute atomic E-state index is 0.316. The molecule has 2 aromatic carbocycles. The van der Waals surface area contributed by atoms with Gasteiger partial charge in [0.15, 0.2) is 0 Å². The van der Waals surface area contributed by atoms with Crippen LogP contribution in [-0.4, -0.2) is 48.0 Å². The number of aryl methyl sites for hydroxylation is 1. The number of para-hydroxylation sites is 1. The highest BCUT2D eigenvalue weighted by molar-refractivity contribution is 5.85. The summed E-state index contributed by atoms with van der Waals surface area (Å²) in [5.41, 5.74) is 5.33. The van der Waals surface area contributed by atoms with E-state index in [-0.39, 0.29) is 0 Å². The van der Waals surface area contributed by atoms with Gasteiger partial charge in [-0.2, -0.15) is 0 Å². The summed E-state index contributed by atoms with van der Waals surface area (Å²) in [4.78, 5) is 8.64. The van der Waals surface area contributed by atoms with Gasteiger partial charge in [0.1, 0.15) is 0 Å². The van der Waals surface area contributed by atoms with Gasteiger partial charge < -0.3 is 9.88 Å². The molecule has 0 radical (unpaired) electrons. The van der Waals surface area contributed by atoms with E-state index >= 15 is 0 Å². The van der Waals surface area contributed by atoms with E-state index in [1.165, 1.54) is 27.7 Å². The molecule has 1 aromatic heterocycles. The number of fused-ring (bicyclic) bond motifs is 1. The van der Waals surface area contributed by atoms with Gasteiger partial charge in [-0.05, 0) is 25.6 Å². The fourth-order valence-corrected chi connectivity index (χ4v) is 3.93. The summed E-state index contributed by atoms with van der Waals surface area (Å²) in [6, 6.07) is 19.9. The van der Waals surface area contributed by atoms with Crippen LogP contribution in [0, 0.1) is 6.92 Å². The summed E-state index contributed by atoms with van der Waals surface area (Å²) in [6.07, 6.45) is 0. The molecule has 3 aromatic rings. The molecule has 1 atom stereocenters. The summed E-state index contributed by atoms with van der Waals surface area (Å²) in [5, 5.41) is 1.35. The molecule has 0 spiro atoms. The number of benzene rings is 2. The van der Waals surface area contributed by atoms with Gasteiger partial charge in [-0.25, -0.2) is 0 Å². The van der Waals surface area contributed by atoms with Crippen LogP contribution in [0.15, 0.2) is 54.6 Å². The molecule has 1 aliphatic heterocycles. The molecule has 0 unspecified atom stereocenters. The monoisotopic (exact) mass is 319 g/mol. The first-order chi connectivity index (χ1) is 11.7. The first-order valence-corrected chi connectivity index (χ1v) is 8.79. The van der Waals surface area contributed by atoms with Crippen molar-refractivity contribution in [1.82, 2.24) is 14.8 Å². The lowest BCUT2D eigenvalue weighted by atomic mass is 9.94. The Labute approximate surface area is 143 Å². The minimum atomic E-state index is 0.316. The first kappa shape index (κ1) is 15.4. The number of nitrogens with zero attached hydrogens (tertiary/aromatic N) is 2. The SMILES string of the molecule is Cc1[nH]c2ccccc2c1[C@H](c1ccccc1)N1CCN(C)CC1. The summed E-state index contributed by atoms with van der Waals surface area (Å²) in [5.74, 6) is 0. The predicted molar refractivity (Wildman–Crippen MR) is 100 cm³/mol. The number of aromatic nitrogens is 1. The van der Waals surface area contributed by atoms with E-state index in [1.807, 2.05) is 0 Å². The van der Waals surface area contributed by atoms with Gasteiger partial charge in [0.2, 0.25) is 0 Å². The Bertz CT molecular complexity index is 813. The largest absolute Gasteiger partial charge is 0.358 e. The van der Waals surface area contributed by atoms with Crippen molar-refractivity contribution in [2.24, 2.45) is 0 Å². The van der Waals surface area contributed by atoms with E-state index in [1.54, 1.807) is 0 Å². The molecule has 1 fully saturated rings. The Morgan fingerprint density at radius 3 is 2.29 bits per heavy atom. The van der Waals surface area contributed by atoms with Crippen molar-refractivity contribution in [1.29, 1.82) is 0 Å². The third kappa shape index (κ3) is 2.74. The van der Waals surface area contributed by atoms with Gasteiger partial charge in [-0.3, -0.25) is 4.90 Å². The molecule has 3 nitrogen and oxygen atoms in total. The van der Waals surface area contributed by atoms with E-state index in [4.69, 9.17) is 0 Å². The van der Waals surface area contributed by atoms with E-state index < -0.39 is 0 Å². The normalized spacial score (nSPS) is 18.1. The molecule has 0 saturated carbocycles. The van der Waals surface area contributed by atoms with Crippen molar-refractivity contribution in [3.63, 3.8) is 0 Å². The molecular weight excluding hydrogens is 294 g/mol. The lowest BCUT2D eigenvalue weighted by Crippen LogP contribution is -2.46. The van der Waals surface area contributed by atoms with E-state index in [2.05, 4.69) is 83.4 Å². The van der Waals surface area contributed by atoms with Crippen LogP contribution in [0.1, 0.15) is 22.9 Å². The van der Waals surface area contributed by atoms with Crippen molar-refractivity contribution in [2.45, 2.75) is 13.0 Å². The number of piperazine rings is 1. The van der Waals surface area contributed by atoms with Crippen LogP contribution in [0.4, 0.5) is 0 Å². The first-order valence-electron chi connectivity index (χ1n) is 8.79. The van der Waals surface area contributed by atoms with Gasteiger partial charge in [0.05, 0.1) is 6.04 Å². The highest BCUT2D eigenvalue weighted by atomic mass is 15.3. The molecule has 1 saturated heterocycles. The van der Waals surface area contributed by atoms with Crippen molar-refractivity contribution < 1.29 is 0 Å². The topological polar surface area (TPSA) is 22.3 Å². The molecule has 4 rings (SSSR count). The molecule has 0 bridgehead atoms. The molecule has 0 aliphatic carbocycles. The Balaban J connectivity index is 1.84. The number of H-pyrrole nitrogens is 1. The second-order valence-electron chi connectivity index (χ2n) is 6.86. The van der Waals surface area contributed by atoms with Crippen LogP contribution in [0.2, 0.25) is 0 Å². The van der Waals surface area contributed by atoms with Gasteiger partial charge in [-0.15, -0.1) is 0 Å². The highest BCUT2D eigenvalue weighted by Crippen LogP contribution is 2.36. The number of rotatable bonds is 3.